The van der Waals surface area contributed by atoms with Crippen molar-refractivity contribution in [3.63, 3.8) is 0 Å². The average molecular weight is 203 g/mol. The van der Waals surface area contributed by atoms with Crippen molar-refractivity contribution in [2.45, 2.75) is 50.2 Å². The van der Waals surface area contributed by atoms with E-state index < -0.39 is 5.60 Å². The Balaban J connectivity index is 2.37. The van der Waals surface area contributed by atoms with E-state index >= 15 is 0 Å². The van der Waals surface area contributed by atoms with Crippen LogP contribution in [0.3, 0.4) is 0 Å². The van der Waals surface area contributed by atoms with Gasteiger partial charge in [0.25, 0.3) is 0 Å². The van der Waals surface area contributed by atoms with E-state index in [1.54, 1.807) is 0 Å². The molecule has 0 radical (unpaired) electrons. The van der Waals surface area contributed by atoms with Crippen LogP contribution in [0.15, 0.2) is 0 Å². The van der Waals surface area contributed by atoms with Crippen LogP contribution in [0.5, 0.6) is 0 Å². The number of ether oxygens (including phenoxy) is 1. The number of carbonyl (C=O) groups excluding carboxylic acids is 1. The summed E-state index contributed by atoms with van der Waals surface area (Å²) in [6, 6.07) is 0. The molecule has 2 aliphatic heterocycles. The van der Waals surface area contributed by atoms with Crippen LogP contribution < -0.4 is 0 Å². The first-order valence-corrected chi connectivity index (χ1v) is 5.17. The SMILES string of the molecule is CC1(C)OC2(C)C(=O)CC1CC2Cl. The van der Waals surface area contributed by atoms with Crippen molar-refractivity contribution in [2.24, 2.45) is 5.92 Å². The highest BCUT2D eigenvalue weighted by atomic mass is 35.5. The number of halogens is 1. The van der Waals surface area contributed by atoms with Gasteiger partial charge in [0.05, 0.1) is 11.0 Å². The first kappa shape index (κ1) is 9.47. The van der Waals surface area contributed by atoms with E-state index in [1.165, 1.54) is 0 Å². The van der Waals surface area contributed by atoms with Gasteiger partial charge in [-0.1, -0.05) is 0 Å². The third-order valence-electron chi connectivity index (χ3n) is 3.53. The monoisotopic (exact) mass is 202 g/mol. The summed E-state index contributed by atoms with van der Waals surface area (Å²) in [6.07, 6.45) is 1.53. The fourth-order valence-corrected chi connectivity index (χ4v) is 2.82. The Morgan fingerprint density at radius 3 is 2.54 bits per heavy atom. The zero-order chi connectivity index (χ0) is 9.85. The van der Waals surface area contributed by atoms with Gasteiger partial charge in [-0.15, -0.1) is 11.6 Å². The van der Waals surface area contributed by atoms with Crippen LogP contribution in [0.2, 0.25) is 0 Å². The number of hydrogen-bond donors (Lipinski definition) is 0. The Bertz CT molecular complexity index is 262. The molecule has 1 saturated carbocycles. The molecule has 74 valence electrons. The van der Waals surface area contributed by atoms with Crippen LogP contribution in [0.25, 0.3) is 0 Å². The molecule has 0 spiro atoms. The molecule has 0 aromatic rings. The van der Waals surface area contributed by atoms with Gasteiger partial charge in [-0.3, -0.25) is 4.79 Å². The van der Waals surface area contributed by atoms with Gasteiger partial charge in [0.15, 0.2) is 5.78 Å². The molecular formula is C10H15ClO2. The predicted octanol–water partition coefficient (Wildman–Crippen LogP) is 2.14. The van der Waals surface area contributed by atoms with Crippen molar-refractivity contribution in [1.82, 2.24) is 0 Å². The maximum atomic E-state index is 11.7. The van der Waals surface area contributed by atoms with Crippen molar-refractivity contribution in [1.29, 1.82) is 0 Å². The largest absolute Gasteiger partial charge is 0.360 e. The molecule has 13 heavy (non-hydrogen) atoms. The second kappa shape index (κ2) is 2.48. The van der Waals surface area contributed by atoms with Crippen molar-refractivity contribution < 1.29 is 9.53 Å². The van der Waals surface area contributed by atoms with Crippen molar-refractivity contribution in [3.8, 4) is 0 Å². The lowest BCUT2D eigenvalue weighted by atomic mass is 9.68. The van der Waals surface area contributed by atoms with E-state index in [2.05, 4.69) is 0 Å². The molecule has 3 aliphatic rings. The summed E-state index contributed by atoms with van der Waals surface area (Å²) in [5, 5.41) is -0.147. The van der Waals surface area contributed by atoms with Gasteiger partial charge in [-0.05, 0) is 33.1 Å². The first-order chi connectivity index (χ1) is 5.86. The van der Waals surface area contributed by atoms with E-state index in [0.717, 1.165) is 6.42 Å². The molecule has 3 heteroatoms. The normalized spacial score (nSPS) is 48.2. The zero-order valence-corrected chi connectivity index (χ0v) is 9.02. The minimum Gasteiger partial charge on any atom is -0.360 e. The van der Waals surface area contributed by atoms with E-state index in [0.29, 0.717) is 12.3 Å². The van der Waals surface area contributed by atoms with Crippen LogP contribution in [-0.4, -0.2) is 22.4 Å². The minimum atomic E-state index is -0.736. The number of carbonyl (C=O) groups is 1. The number of alkyl halides is 1. The lowest BCUT2D eigenvalue weighted by Gasteiger charge is -2.54. The maximum Gasteiger partial charge on any atom is 0.166 e. The van der Waals surface area contributed by atoms with Crippen molar-refractivity contribution in [2.75, 3.05) is 0 Å². The Labute approximate surface area is 83.6 Å². The standard InChI is InChI=1S/C10H15ClO2/c1-9(2)6-4-7(11)10(3,13-9)8(12)5-6/h6-7H,4-5H2,1-3H3. The van der Waals surface area contributed by atoms with Gasteiger partial charge in [0.1, 0.15) is 5.60 Å². The van der Waals surface area contributed by atoms with E-state index in [-0.39, 0.29) is 16.8 Å². The topological polar surface area (TPSA) is 26.3 Å². The average Bonchev–Trinajstić information content (AvgIpc) is 1.96. The summed E-state index contributed by atoms with van der Waals surface area (Å²) in [7, 11) is 0. The maximum absolute atomic E-state index is 11.7. The fourth-order valence-electron chi connectivity index (χ4n) is 2.44. The van der Waals surface area contributed by atoms with E-state index in [1.807, 2.05) is 20.8 Å². The second-order valence-corrected chi connectivity index (χ2v) is 5.37. The van der Waals surface area contributed by atoms with Gasteiger partial charge in [0.2, 0.25) is 0 Å². The van der Waals surface area contributed by atoms with Crippen LogP contribution >= 0.6 is 11.6 Å². The predicted molar refractivity (Wildman–Crippen MR) is 50.9 cm³/mol. The molecule has 3 rings (SSSR count). The van der Waals surface area contributed by atoms with Gasteiger partial charge in [-0.2, -0.15) is 0 Å². The lowest BCUT2D eigenvalue weighted by Crippen LogP contribution is -2.64. The summed E-state index contributed by atoms with van der Waals surface area (Å²) < 4.78 is 5.80. The Kier molecular flexibility index (Phi) is 1.81. The minimum absolute atomic E-state index is 0.147. The second-order valence-electron chi connectivity index (χ2n) is 4.84. The third-order valence-corrected chi connectivity index (χ3v) is 4.13. The van der Waals surface area contributed by atoms with Crippen LogP contribution in [-0.2, 0) is 9.53 Å². The smallest absolute Gasteiger partial charge is 0.166 e. The van der Waals surface area contributed by atoms with E-state index in [4.69, 9.17) is 16.3 Å². The molecule has 2 nitrogen and oxygen atoms in total. The quantitative estimate of drug-likeness (QED) is 0.563. The number of fused-ring (bicyclic) bond motifs is 3. The third kappa shape index (κ3) is 1.15. The molecule has 0 N–H and O–H groups in total. The molecule has 2 heterocycles. The van der Waals surface area contributed by atoms with Gasteiger partial charge in [-0.25, -0.2) is 0 Å². The number of rotatable bonds is 0. The van der Waals surface area contributed by atoms with Crippen LogP contribution in [0.4, 0.5) is 0 Å². The molecule has 3 fully saturated rings. The van der Waals surface area contributed by atoms with Gasteiger partial charge < -0.3 is 4.74 Å². The molecule has 0 aromatic heterocycles. The molecule has 3 unspecified atom stereocenters. The van der Waals surface area contributed by atoms with Gasteiger partial charge >= 0.3 is 0 Å². The molecular weight excluding hydrogens is 188 g/mol. The molecule has 3 atom stereocenters. The van der Waals surface area contributed by atoms with Gasteiger partial charge in [0, 0.05) is 6.42 Å². The Morgan fingerprint density at radius 1 is 1.46 bits per heavy atom. The highest BCUT2D eigenvalue weighted by Crippen LogP contribution is 2.49. The number of hydrogen-bond acceptors (Lipinski definition) is 2. The molecule has 2 bridgehead atoms. The Morgan fingerprint density at radius 2 is 2.08 bits per heavy atom. The summed E-state index contributed by atoms with van der Waals surface area (Å²) >= 11 is 6.13. The van der Waals surface area contributed by atoms with E-state index in [9.17, 15) is 4.79 Å². The van der Waals surface area contributed by atoms with Crippen LogP contribution in [0.1, 0.15) is 33.6 Å². The summed E-state index contributed by atoms with van der Waals surface area (Å²) in [4.78, 5) is 11.7. The fraction of sp³-hybridized carbons (Fsp3) is 0.900. The summed E-state index contributed by atoms with van der Waals surface area (Å²) in [5.74, 6) is 0.465. The lowest BCUT2D eigenvalue weighted by molar-refractivity contribution is -0.218. The molecule has 0 aromatic carbocycles. The number of Topliss-reactive ketones (excluding diaryl/α,β-unsaturated/α-hetero) is 1. The summed E-state index contributed by atoms with van der Waals surface area (Å²) in [6.45, 7) is 5.92. The van der Waals surface area contributed by atoms with Crippen LogP contribution in [0, 0.1) is 5.92 Å². The molecule has 2 saturated heterocycles. The highest BCUT2D eigenvalue weighted by molar-refractivity contribution is 6.24. The van der Waals surface area contributed by atoms with Crippen molar-refractivity contribution in [3.05, 3.63) is 0 Å². The Hall–Kier alpha value is -0.0800. The first-order valence-electron chi connectivity index (χ1n) is 4.74. The number of ketones is 1. The summed E-state index contributed by atoms with van der Waals surface area (Å²) in [5.41, 5.74) is -0.923. The highest BCUT2D eigenvalue weighted by Gasteiger charge is 2.58. The molecule has 1 aliphatic carbocycles. The zero-order valence-electron chi connectivity index (χ0n) is 8.26. The van der Waals surface area contributed by atoms with Crippen molar-refractivity contribution >= 4 is 17.4 Å². The molecule has 0 amide bonds.